The average molecular weight is 295 g/mol. The Hall–Kier alpha value is -2.20. The number of nitrogens with two attached hydrogens (primary N) is 1. The van der Waals surface area contributed by atoms with Gasteiger partial charge >= 0.3 is 0 Å². The van der Waals surface area contributed by atoms with Crippen LogP contribution in [0.4, 0.5) is 0 Å². The second-order valence-corrected chi connectivity index (χ2v) is 5.72. The van der Waals surface area contributed by atoms with Gasteiger partial charge in [0.15, 0.2) is 0 Å². The molecule has 2 N–H and O–H groups in total. The first-order valence-electron chi connectivity index (χ1n) is 7.57. The molecular weight excluding hydrogens is 274 g/mol. The van der Waals surface area contributed by atoms with E-state index in [0.717, 1.165) is 39.4 Å². The Balaban J connectivity index is 2.52. The van der Waals surface area contributed by atoms with Crippen molar-refractivity contribution in [3.8, 4) is 5.88 Å². The van der Waals surface area contributed by atoms with Crippen LogP contribution in [0.25, 0.3) is 21.7 Å². The highest BCUT2D eigenvalue weighted by molar-refractivity contribution is 6.08. The maximum Gasteiger partial charge on any atom is 0.213 e. The van der Waals surface area contributed by atoms with Gasteiger partial charge in [-0.05, 0) is 37.3 Å². The standard InChI is InChI=1S/C18H21N3O/c1-5-16-15-9-20-17(22-4)8-13(15)14-7-10(2)6-12(11(3)19)18(14)21-16/h6-9,11H,5,19H2,1-4H3. The van der Waals surface area contributed by atoms with Gasteiger partial charge in [0, 0.05) is 29.1 Å². The van der Waals surface area contributed by atoms with E-state index < -0.39 is 0 Å². The Labute approximate surface area is 130 Å². The van der Waals surface area contributed by atoms with Gasteiger partial charge in [-0.25, -0.2) is 4.98 Å². The zero-order chi connectivity index (χ0) is 15.9. The smallest absolute Gasteiger partial charge is 0.213 e. The third kappa shape index (κ3) is 2.29. The summed E-state index contributed by atoms with van der Waals surface area (Å²) in [6.45, 7) is 6.19. The highest BCUT2D eigenvalue weighted by Gasteiger charge is 2.14. The van der Waals surface area contributed by atoms with Gasteiger partial charge in [-0.3, -0.25) is 4.98 Å². The van der Waals surface area contributed by atoms with Crippen LogP contribution >= 0.6 is 0 Å². The second kappa shape index (κ2) is 5.54. The Morgan fingerprint density at radius 2 is 1.95 bits per heavy atom. The zero-order valence-electron chi connectivity index (χ0n) is 13.5. The van der Waals surface area contributed by atoms with Crippen molar-refractivity contribution in [2.75, 3.05) is 7.11 Å². The van der Waals surface area contributed by atoms with Crippen molar-refractivity contribution in [1.82, 2.24) is 9.97 Å². The Kier molecular flexibility index (Phi) is 3.71. The monoisotopic (exact) mass is 295 g/mol. The Morgan fingerprint density at radius 1 is 1.18 bits per heavy atom. The van der Waals surface area contributed by atoms with E-state index in [2.05, 4.69) is 31.0 Å². The number of methoxy groups -OCH3 is 1. The summed E-state index contributed by atoms with van der Waals surface area (Å²) in [7, 11) is 1.64. The Bertz CT molecular complexity index is 856. The number of fused-ring (bicyclic) bond motifs is 3. The van der Waals surface area contributed by atoms with Gasteiger partial charge in [0.05, 0.1) is 18.3 Å². The van der Waals surface area contributed by atoms with Crippen molar-refractivity contribution in [2.45, 2.75) is 33.2 Å². The molecule has 4 heteroatoms. The van der Waals surface area contributed by atoms with E-state index in [1.54, 1.807) is 7.11 Å². The summed E-state index contributed by atoms with van der Waals surface area (Å²) in [4.78, 5) is 9.21. The average Bonchev–Trinajstić information content (AvgIpc) is 2.52. The van der Waals surface area contributed by atoms with Gasteiger partial charge in [-0.15, -0.1) is 0 Å². The molecule has 1 atom stereocenters. The third-order valence-electron chi connectivity index (χ3n) is 4.05. The second-order valence-electron chi connectivity index (χ2n) is 5.72. The number of aryl methyl sites for hydroxylation is 2. The molecule has 1 unspecified atom stereocenters. The fourth-order valence-corrected chi connectivity index (χ4v) is 2.95. The summed E-state index contributed by atoms with van der Waals surface area (Å²) in [5, 5.41) is 3.32. The lowest BCUT2D eigenvalue weighted by Gasteiger charge is -2.15. The van der Waals surface area contributed by atoms with Gasteiger partial charge in [0.2, 0.25) is 5.88 Å². The van der Waals surface area contributed by atoms with Crippen LogP contribution in [-0.2, 0) is 6.42 Å². The summed E-state index contributed by atoms with van der Waals surface area (Å²) in [6.07, 6.45) is 2.71. The van der Waals surface area contributed by atoms with Crippen LogP contribution in [0, 0.1) is 6.92 Å². The molecule has 1 aromatic carbocycles. The quantitative estimate of drug-likeness (QED) is 0.749. The van der Waals surface area contributed by atoms with Crippen LogP contribution in [0.2, 0.25) is 0 Å². The van der Waals surface area contributed by atoms with E-state index in [9.17, 15) is 0 Å². The number of hydrogen-bond acceptors (Lipinski definition) is 4. The molecule has 0 aliphatic rings. The maximum absolute atomic E-state index is 6.16. The van der Waals surface area contributed by atoms with Crippen LogP contribution < -0.4 is 10.5 Å². The molecule has 2 heterocycles. The third-order valence-corrected chi connectivity index (χ3v) is 4.05. The number of pyridine rings is 2. The summed E-state index contributed by atoms with van der Waals surface area (Å²) in [5.74, 6) is 0.617. The van der Waals surface area contributed by atoms with Gasteiger partial charge in [0.1, 0.15) is 0 Å². The predicted octanol–water partition coefficient (Wildman–Crippen LogP) is 3.68. The van der Waals surface area contributed by atoms with Gasteiger partial charge < -0.3 is 10.5 Å². The first kappa shape index (κ1) is 14.7. The minimum Gasteiger partial charge on any atom is -0.481 e. The molecule has 0 radical (unpaired) electrons. The lowest BCUT2D eigenvalue weighted by molar-refractivity contribution is 0.399. The molecule has 0 saturated heterocycles. The number of hydrogen-bond donors (Lipinski definition) is 1. The molecule has 0 aliphatic carbocycles. The molecular formula is C18H21N3O. The molecule has 4 nitrogen and oxygen atoms in total. The lowest BCUT2D eigenvalue weighted by atomic mass is 9.97. The van der Waals surface area contributed by atoms with Gasteiger partial charge in [-0.2, -0.15) is 0 Å². The van der Waals surface area contributed by atoms with Crippen LogP contribution in [0.1, 0.15) is 36.7 Å². The number of benzene rings is 1. The molecule has 0 fully saturated rings. The number of rotatable bonds is 3. The van der Waals surface area contributed by atoms with E-state index in [4.69, 9.17) is 15.5 Å². The van der Waals surface area contributed by atoms with E-state index in [0.29, 0.717) is 5.88 Å². The molecule has 0 aliphatic heterocycles. The van der Waals surface area contributed by atoms with Crippen molar-refractivity contribution >= 4 is 21.7 Å². The van der Waals surface area contributed by atoms with Gasteiger partial charge in [-0.1, -0.05) is 18.6 Å². The molecule has 0 bridgehead atoms. The number of ether oxygens (including phenoxy) is 1. The normalized spacial score (nSPS) is 12.8. The minimum absolute atomic E-state index is 0.0548. The number of nitrogens with zero attached hydrogens (tertiary/aromatic N) is 2. The van der Waals surface area contributed by atoms with Crippen LogP contribution in [0.15, 0.2) is 24.4 Å². The van der Waals surface area contributed by atoms with Crippen molar-refractivity contribution < 1.29 is 4.74 Å². The molecule has 2 aromatic heterocycles. The van der Waals surface area contributed by atoms with E-state index in [1.165, 1.54) is 5.56 Å². The predicted molar refractivity (Wildman–Crippen MR) is 90.3 cm³/mol. The molecule has 0 amide bonds. The molecule has 22 heavy (non-hydrogen) atoms. The van der Waals surface area contributed by atoms with Crippen LogP contribution in [-0.4, -0.2) is 17.1 Å². The van der Waals surface area contributed by atoms with Crippen molar-refractivity contribution in [2.24, 2.45) is 5.73 Å². The first-order chi connectivity index (χ1) is 10.5. The SMILES string of the molecule is CCc1nc2c(C(C)N)cc(C)cc2c2cc(OC)ncc12. The van der Waals surface area contributed by atoms with E-state index in [-0.39, 0.29) is 6.04 Å². The maximum atomic E-state index is 6.16. The summed E-state index contributed by atoms with van der Waals surface area (Å²) >= 11 is 0. The lowest BCUT2D eigenvalue weighted by Crippen LogP contribution is -2.08. The molecule has 3 aromatic rings. The first-order valence-corrected chi connectivity index (χ1v) is 7.57. The van der Waals surface area contributed by atoms with Crippen LogP contribution in [0.5, 0.6) is 5.88 Å². The van der Waals surface area contributed by atoms with Crippen molar-refractivity contribution in [3.05, 3.63) is 41.2 Å². The van der Waals surface area contributed by atoms with E-state index in [1.807, 2.05) is 19.2 Å². The minimum atomic E-state index is -0.0548. The highest BCUT2D eigenvalue weighted by atomic mass is 16.5. The summed E-state index contributed by atoms with van der Waals surface area (Å²) in [5.41, 5.74) is 10.5. The molecule has 0 spiro atoms. The van der Waals surface area contributed by atoms with Gasteiger partial charge in [0.25, 0.3) is 0 Å². The molecule has 3 rings (SSSR count). The summed E-state index contributed by atoms with van der Waals surface area (Å²) < 4.78 is 5.30. The Morgan fingerprint density at radius 3 is 2.59 bits per heavy atom. The fourth-order valence-electron chi connectivity index (χ4n) is 2.95. The number of aromatic nitrogens is 2. The topological polar surface area (TPSA) is 61.0 Å². The van der Waals surface area contributed by atoms with E-state index >= 15 is 0 Å². The zero-order valence-corrected chi connectivity index (χ0v) is 13.5. The van der Waals surface area contributed by atoms with Crippen LogP contribution in [0.3, 0.4) is 0 Å². The highest BCUT2D eigenvalue weighted by Crippen LogP contribution is 2.32. The molecule has 0 saturated carbocycles. The summed E-state index contributed by atoms with van der Waals surface area (Å²) in [6, 6.07) is 6.22. The largest absolute Gasteiger partial charge is 0.481 e. The van der Waals surface area contributed by atoms with Crippen molar-refractivity contribution in [3.63, 3.8) is 0 Å². The molecule has 114 valence electrons. The van der Waals surface area contributed by atoms with Crippen molar-refractivity contribution in [1.29, 1.82) is 0 Å². The fraction of sp³-hybridized carbons (Fsp3) is 0.333.